The summed E-state index contributed by atoms with van der Waals surface area (Å²) in [4.78, 5) is 4.76. The maximum absolute atomic E-state index is 7.05. The van der Waals surface area contributed by atoms with Crippen LogP contribution in [0.2, 0.25) is 0 Å². The molecular formula is C128H82N4O2. The number of rotatable bonds is 17. The van der Waals surface area contributed by atoms with Gasteiger partial charge in [-0.1, -0.05) is 340 Å². The van der Waals surface area contributed by atoms with Crippen LogP contribution in [0.3, 0.4) is 0 Å². The van der Waals surface area contributed by atoms with Crippen molar-refractivity contribution in [3.63, 3.8) is 0 Å². The molecule has 4 heterocycles. The molecule has 0 spiro atoms. The number of anilines is 6. The fourth-order valence-electron chi connectivity index (χ4n) is 20.8. The van der Waals surface area contributed by atoms with Crippen molar-refractivity contribution < 1.29 is 8.83 Å². The Kier molecular flexibility index (Phi) is 18.5. The second kappa shape index (κ2) is 32.1. The van der Waals surface area contributed by atoms with E-state index in [0.717, 1.165) is 189 Å². The molecule has 0 saturated carbocycles. The van der Waals surface area contributed by atoms with Crippen LogP contribution in [0.4, 0.5) is 34.1 Å². The number of hydrogen-bond acceptors (Lipinski definition) is 4. The molecule has 0 amide bonds. The molecular weight excluding hydrogens is 1630 g/mol. The van der Waals surface area contributed by atoms with E-state index in [1.54, 1.807) is 0 Å². The Morgan fingerprint density at radius 2 is 0.500 bits per heavy atom. The lowest BCUT2D eigenvalue weighted by molar-refractivity contribution is 0.669. The van der Waals surface area contributed by atoms with Crippen molar-refractivity contribution in [3.8, 4) is 112 Å². The second-order valence-corrected chi connectivity index (χ2v) is 35.0. The van der Waals surface area contributed by atoms with Gasteiger partial charge in [0, 0.05) is 93.9 Å². The van der Waals surface area contributed by atoms with Gasteiger partial charge >= 0.3 is 0 Å². The third kappa shape index (κ3) is 13.4. The molecule has 4 aromatic heterocycles. The van der Waals surface area contributed by atoms with Crippen molar-refractivity contribution in [2.75, 3.05) is 9.80 Å². The summed E-state index contributed by atoms with van der Waals surface area (Å²) in [6.45, 7) is 0. The maximum Gasteiger partial charge on any atom is 0.143 e. The minimum atomic E-state index is 0.855. The minimum Gasteiger partial charge on any atom is -0.456 e. The van der Waals surface area contributed by atoms with Gasteiger partial charge in [-0.3, -0.25) is 0 Å². The summed E-state index contributed by atoms with van der Waals surface area (Å²) in [6, 6.07) is 181. The van der Waals surface area contributed by atoms with Crippen molar-refractivity contribution in [1.29, 1.82) is 0 Å². The van der Waals surface area contributed by atoms with E-state index in [4.69, 9.17) is 8.83 Å². The summed E-state index contributed by atoms with van der Waals surface area (Å²) >= 11 is 0. The van der Waals surface area contributed by atoms with Crippen LogP contribution in [0.15, 0.2) is 506 Å². The molecule has 0 atom stereocenters. The summed E-state index contributed by atoms with van der Waals surface area (Å²) in [5.41, 5.74) is 37.4. The highest BCUT2D eigenvalue weighted by Gasteiger charge is 2.25. The van der Waals surface area contributed by atoms with Gasteiger partial charge in [0.25, 0.3) is 0 Å². The summed E-state index contributed by atoms with van der Waals surface area (Å²) < 4.78 is 18.1. The molecule has 0 saturated heterocycles. The van der Waals surface area contributed by atoms with Crippen molar-refractivity contribution in [2.45, 2.75) is 0 Å². The van der Waals surface area contributed by atoms with Gasteiger partial charge in [-0.05, 0) is 268 Å². The van der Waals surface area contributed by atoms with Crippen molar-refractivity contribution in [1.82, 2.24) is 9.13 Å². The lowest BCUT2D eigenvalue weighted by Crippen LogP contribution is -2.10. The standard InChI is InChI=1S/C128H82N4O2/c1-2-21-97-81-107(75-61-83(97)19-1)129(102-65-57-92(58-66-102)95-23-15-25-98(79-95)109-33-18-40-125-126(109)115-31-8-13-38-123(115)133-125)101-63-49-88(50-64-101)84-41-45-87(46-42-84)91-55-73-106(74-56-91)132-121-36-12-7-30-114(121)117-82-100(62-78-122(117)132)111-77-76-110(127-116-32-9-14-39-124(116)134-128(111)127)99-26-16-24-96(80-99)93-59-69-104(70-60-93)130(118-37-17-22-94-20-3-4-27-108(94)118)103-67-51-89(52-68-103)85-43-47-86(48-44-85)90-53-71-105(72-54-90)131-119-34-10-5-28-112(119)113-29-6-11-35-120(113)131/h1-82H. The van der Waals surface area contributed by atoms with E-state index in [0.29, 0.717) is 0 Å². The van der Waals surface area contributed by atoms with Gasteiger partial charge in [0.1, 0.15) is 22.3 Å². The van der Waals surface area contributed by atoms with Gasteiger partial charge in [0.05, 0.1) is 27.8 Å². The average Bonchev–Trinajstić information content (AvgIpc) is 1.51. The molecule has 0 N–H and O–H groups in total. The fourth-order valence-corrected chi connectivity index (χ4v) is 20.8. The molecule has 22 aromatic carbocycles. The van der Waals surface area contributed by atoms with Crippen molar-refractivity contribution in [2.24, 2.45) is 0 Å². The van der Waals surface area contributed by atoms with E-state index in [1.807, 2.05) is 12.1 Å². The Balaban J connectivity index is 0.459. The van der Waals surface area contributed by atoms with Crippen molar-refractivity contribution >= 4 is 143 Å². The first-order valence-electron chi connectivity index (χ1n) is 45.9. The zero-order valence-electron chi connectivity index (χ0n) is 72.9. The van der Waals surface area contributed by atoms with Crippen LogP contribution >= 0.6 is 0 Å². The quantitative estimate of drug-likeness (QED) is 0.0911. The van der Waals surface area contributed by atoms with Crippen LogP contribution in [-0.4, -0.2) is 9.13 Å². The largest absolute Gasteiger partial charge is 0.456 e. The molecule has 6 heteroatoms. The highest BCUT2D eigenvalue weighted by molar-refractivity contribution is 6.19. The van der Waals surface area contributed by atoms with Crippen LogP contribution in [0.25, 0.3) is 221 Å². The van der Waals surface area contributed by atoms with Crippen LogP contribution in [0.5, 0.6) is 0 Å². The predicted octanol–water partition coefficient (Wildman–Crippen LogP) is 35.9. The summed E-state index contributed by atoms with van der Waals surface area (Å²) in [7, 11) is 0. The summed E-state index contributed by atoms with van der Waals surface area (Å²) in [5, 5.41) is 14.1. The summed E-state index contributed by atoms with van der Waals surface area (Å²) in [5.74, 6) is 0. The van der Waals surface area contributed by atoms with Crippen LogP contribution < -0.4 is 9.80 Å². The number of nitrogens with zero attached hydrogens (tertiary/aromatic N) is 4. The van der Waals surface area contributed by atoms with E-state index in [1.165, 1.54) is 65.3 Å². The number of para-hydroxylation sites is 5. The highest BCUT2D eigenvalue weighted by atomic mass is 16.3. The topological polar surface area (TPSA) is 42.6 Å². The molecule has 0 radical (unpaired) electrons. The number of hydrogen-bond donors (Lipinski definition) is 0. The molecule has 0 aliphatic rings. The van der Waals surface area contributed by atoms with Gasteiger partial charge in [-0.2, -0.15) is 0 Å². The molecule has 626 valence electrons. The molecule has 0 aliphatic heterocycles. The highest BCUT2D eigenvalue weighted by Crippen LogP contribution is 2.49. The number of benzene rings is 22. The Bertz CT molecular complexity index is 9020. The second-order valence-electron chi connectivity index (χ2n) is 35.0. The Hall–Kier alpha value is -17.8. The average molecular weight is 1710 g/mol. The first-order chi connectivity index (χ1) is 66.4. The van der Waals surface area contributed by atoms with Gasteiger partial charge in [-0.15, -0.1) is 0 Å². The van der Waals surface area contributed by atoms with E-state index in [2.05, 4.69) is 504 Å². The number of furan rings is 2. The van der Waals surface area contributed by atoms with Crippen molar-refractivity contribution in [3.05, 3.63) is 497 Å². The molecule has 26 aromatic rings. The van der Waals surface area contributed by atoms with Gasteiger partial charge in [0.2, 0.25) is 0 Å². The number of fused-ring (bicyclic) bond motifs is 14. The zero-order chi connectivity index (χ0) is 88.3. The van der Waals surface area contributed by atoms with E-state index >= 15 is 0 Å². The van der Waals surface area contributed by atoms with Crippen LogP contribution in [0, 0.1) is 0 Å². The molecule has 0 fully saturated rings. The third-order valence-corrected chi connectivity index (χ3v) is 27.4. The first-order valence-corrected chi connectivity index (χ1v) is 45.9. The molecule has 134 heavy (non-hydrogen) atoms. The normalized spacial score (nSPS) is 11.7. The smallest absolute Gasteiger partial charge is 0.143 e. The first kappa shape index (κ1) is 77.3. The molecule has 0 aliphatic carbocycles. The Labute approximate surface area is 774 Å². The SMILES string of the molecule is c1cc(-c2ccc(N(c3ccc(-c4ccc(-c5ccc(-n6c7ccccc7c7cc(-c8ccc(-c9cccc(-c%10ccc(N(c%11ccc(-c%12ccc(-c%13ccc(-n%14c%15ccccc%15c%15ccccc%15%14)cc%13)cc%12)cc%11)c%11cccc%12ccccc%11%12)cc%10)c9)c9c8oc8ccccc89)ccc76)cc5)cc4)cc3)c3ccc4ccccc4c3)cc2)cc(-c2cccc3oc4ccccc4c23)c1. The minimum absolute atomic E-state index is 0.855. The molecule has 6 nitrogen and oxygen atoms in total. The molecule has 0 bridgehead atoms. The van der Waals surface area contributed by atoms with E-state index < -0.39 is 0 Å². The number of aromatic nitrogens is 2. The molecule has 0 unspecified atom stereocenters. The Morgan fingerprint density at radius 1 is 0.164 bits per heavy atom. The van der Waals surface area contributed by atoms with E-state index in [-0.39, 0.29) is 0 Å². The third-order valence-electron chi connectivity index (χ3n) is 27.4. The van der Waals surface area contributed by atoms with E-state index in [9.17, 15) is 0 Å². The van der Waals surface area contributed by atoms with Crippen LogP contribution in [0.1, 0.15) is 0 Å². The van der Waals surface area contributed by atoms with Crippen LogP contribution in [-0.2, 0) is 0 Å². The van der Waals surface area contributed by atoms with Gasteiger partial charge < -0.3 is 27.8 Å². The zero-order valence-corrected chi connectivity index (χ0v) is 72.9. The maximum atomic E-state index is 7.05. The lowest BCUT2D eigenvalue weighted by Gasteiger charge is -2.27. The Morgan fingerprint density at radius 3 is 1.02 bits per heavy atom. The monoisotopic (exact) mass is 1710 g/mol. The lowest BCUT2D eigenvalue weighted by atomic mass is 9.92. The van der Waals surface area contributed by atoms with Gasteiger partial charge in [-0.25, -0.2) is 0 Å². The fraction of sp³-hybridized carbons (Fsp3) is 0. The van der Waals surface area contributed by atoms with Gasteiger partial charge in [0.15, 0.2) is 0 Å². The predicted molar refractivity (Wildman–Crippen MR) is 563 cm³/mol. The summed E-state index contributed by atoms with van der Waals surface area (Å²) in [6.07, 6.45) is 0. The molecule has 26 rings (SSSR count).